The van der Waals surface area contributed by atoms with Gasteiger partial charge in [-0.1, -0.05) is 30.3 Å². The predicted octanol–water partition coefficient (Wildman–Crippen LogP) is 3.62. The molecule has 1 atom stereocenters. The van der Waals surface area contributed by atoms with Gasteiger partial charge in [-0.25, -0.2) is 14.6 Å². The van der Waals surface area contributed by atoms with E-state index in [1.165, 1.54) is 24.1 Å². The van der Waals surface area contributed by atoms with Crippen LogP contribution in [-0.4, -0.2) is 60.8 Å². The van der Waals surface area contributed by atoms with Crippen molar-refractivity contribution in [1.29, 1.82) is 0 Å². The fraction of sp³-hybridized carbons (Fsp3) is 0.571. The summed E-state index contributed by atoms with van der Waals surface area (Å²) >= 11 is 0. The van der Waals surface area contributed by atoms with E-state index >= 15 is 0 Å². The Morgan fingerprint density at radius 1 is 1.03 bits per heavy atom. The topological polar surface area (TPSA) is 108 Å². The number of urea groups is 1. The van der Waals surface area contributed by atoms with Crippen LogP contribution in [0.15, 0.2) is 30.3 Å². The van der Waals surface area contributed by atoms with Crippen molar-refractivity contribution < 1.29 is 14.3 Å². The molecule has 0 unspecified atom stereocenters. The van der Waals surface area contributed by atoms with Gasteiger partial charge in [-0.15, -0.1) is 0 Å². The third kappa shape index (κ3) is 7.33. The summed E-state index contributed by atoms with van der Waals surface area (Å²) in [5.74, 6) is 1.30. The smallest absolute Gasteiger partial charge is 0.329 e. The van der Waals surface area contributed by atoms with Crippen LogP contribution in [0.25, 0.3) is 0 Å². The van der Waals surface area contributed by atoms with E-state index in [4.69, 9.17) is 14.7 Å². The average molecular weight is 509 g/mol. The number of fused-ring (bicyclic) bond motifs is 1. The largest absolute Gasteiger partial charge is 0.464 e. The lowest BCUT2D eigenvalue weighted by Crippen LogP contribution is -2.51. The molecule has 0 aliphatic heterocycles. The summed E-state index contributed by atoms with van der Waals surface area (Å²) in [6, 6.07) is 8.89. The molecule has 9 nitrogen and oxygen atoms in total. The normalized spacial score (nSPS) is 19.8. The molecule has 9 heteroatoms. The molecule has 1 heterocycles. The van der Waals surface area contributed by atoms with Crippen LogP contribution in [0.4, 0.5) is 16.6 Å². The van der Waals surface area contributed by atoms with E-state index in [-0.39, 0.29) is 24.7 Å². The van der Waals surface area contributed by atoms with Gasteiger partial charge < -0.3 is 25.6 Å². The lowest BCUT2D eigenvalue weighted by molar-refractivity contribution is -0.145. The second-order valence-corrected chi connectivity index (χ2v) is 10.2. The highest BCUT2D eigenvalue weighted by Gasteiger charge is 2.27. The highest BCUT2D eigenvalue weighted by molar-refractivity contribution is 5.84. The maximum absolute atomic E-state index is 12.8. The van der Waals surface area contributed by atoms with Crippen molar-refractivity contribution in [3.63, 3.8) is 0 Å². The van der Waals surface area contributed by atoms with E-state index < -0.39 is 12.0 Å². The van der Waals surface area contributed by atoms with Gasteiger partial charge >= 0.3 is 12.0 Å². The first kappa shape index (κ1) is 26.7. The van der Waals surface area contributed by atoms with Crippen LogP contribution in [0, 0.1) is 0 Å². The zero-order valence-electron chi connectivity index (χ0n) is 22.3. The lowest BCUT2D eigenvalue weighted by atomic mass is 9.91. The van der Waals surface area contributed by atoms with Gasteiger partial charge in [0.2, 0.25) is 5.95 Å². The van der Waals surface area contributed by atoms with Crippen LogP contribution in [0.1, 0.15) is 62.3 Å². The first-order chi connectivity index (χ1) is 17.9. The van der Waals surface area contributed by atoms with Crippen molar-refractivity contribution in [2.24, 2.45) is 0 Å². The Kier molecular flexibility index (Phi) is 9.19. The Morgan fingerprint density at radius 2 is 1.73 bits per heavy atom. The number of nitrogens with zero attached hydrogens (tertiary/aromatic N) is 3. The summed E-state index contributed by atoms with van der Waals surface area (Å²) in [5, 5.41) is 9.44. The number of rotatable bonds is 9. The minimum absolute atomic E-state index is 0.0550. The molecule has 0 spiro atoms. The molecule has 0 radical (unpaired) electrons. The number of ether oxygens (including phenoxy) is 1. The molecule has 1 saturated carbocycles. The molecular weight excluding hydrogens is 468 g/mol. The maximum Gasteiger partial charge on any atom is 0.329 e. The van der Waals surface area contributed by atoms with Crippen molar-refractivity contribution in [3.8, 4) is 0 Å². The van der Waals surface area contributed by atoms with Gasteiger partial charge in [0.05, 0.1) is 12.3 Å². The van der Waals surface area contributed by atoms with Crippen molar-refractivity contribution in [3.05, 3.63) is 47.2 Å². The molecule has 2 aliphatic carbocycles. The van der Waals surface area contributed by atoms with E-state index in [1.807, 2.05) is 44.4 Å². The van der Waals surface area contributed by atoms with Crippen LogP contribution in [-0.2, 0) is 28.8 Å². The second kappa shape index (κ2) is 12.7. The molecule has 0 saturated heterocycles. The van der Waals surface area contributed by atoms with Crippen LogP contribution >= 0.6 is 0 Å². The Balaban J connectivity index is 1.29. The summed E-state index contributed by atoms with van der Waals surface area (Å²) in [6.07, 6.45) is 8.33. The molecule has 200 valence electrons. The number of carbonyl (C=O) groups is 2. The highest BCUT2D eigenvalue weighted by atomic mass is 16.5. The maximum atomic E-state index is 12.8. The molecule has 37 heavy (non-hydrogen) atoms. The molecule has 3 N–H and O–H groups in total. The molecule has 2 aromatic rings. The molecule has 1 aromatic carbocycles. The number of amides is 2. The number of anilines is 2. The number of nitrogens with one attached hydrogen (secondary N) is 3. The summed E-state index contributed by atoms with van der Waals surface area (Å²) in [7, 11) is 4.07. The molecular formula is C28H40N6O3. The Bertz CT molecular complexity index is 1050. The zero-order chi connectivity index (χ0) is 26.2. The monoisotopic (exact) mass is 508 g/mol. The highest BCUT2D eigenvalue weighted by Crippen LogP contribution is 2.29. The molecule has 0 bridgehead atoms. The average Bonchev–Trinajstić information content (AvgIpc) is 2.89. The first-order valence-corrected chi connectivity index (χ1v) is 13.5. The van der Waals surface area contributed by atoms with Crippen LogP contribution in [0.5, 0.6) is 0 Å². The Morgan fingerprint density at radius 3 is 2.43 bits per heavy atom. The number of hydrogen-bond donors (Lipinski definition) is 3. The number of aryl methyl sites for hydroxylation is 1. The van der Waals surface area contributed by atoms with Crippen molar-refractivity contribution >= 4 is 23.8 Å². The molecule has 1 fully saturated rings. The summed E-state index contributed by atoms with van der Waals surface area (Å²) < 4.78 is 5.19. The molecule has 2 aliphatic rings. The van der Waals surface area contributed by atoms with Gasteiger partial charge in [0, 0.05) is 38.2 Å². The number of carbonyl (C=O) groups excluding carboxylic acids is 2. The zero-order valence-corrected chi connectivity index (χ0v) is 22.3. The van der Waals surface area contributed by atoms with Gasteiger partial charge in [0.25, 0.3) is 0 Å². The van der Waals surface area contributed by atoms with Gasteiger partial charge in [-0.3, -0.25) is 0 Å². The SMILES string of the molecule is CCOC(=O)[C@H](Cc1ccccc1)NC(=O)N[C@H]1CC[C@@H](Nc2nc3c(c(N(C)C)n2)CCCC3)CC1. The van der Waals surface area contributed by atoms with Crippen LogP contribution in [0.3, 0.4) is 0 Å². The summed E-state index contributed by atoms with van der Waals surface area (Å²) in [4.78, 5) is 37.0. The number of benzene rings is 1. The first-order valence-electron chi connectivity index (χ1n) is 13.5. The third-order valence-electron chi connectivity index (χ3n) is 7.14. The van der Waals surface area contributed by atoms with Crippen LogP contribution in [0.2, 0.25) is 0 Å². The summed E-state index contributed by atoms with van der Waals surface area (Å²) in [6.45, 7) is 2.04. The number of aromatic nitrogens is 2. The minimum Gasteiger partial charge on any atom is -0.464 e. The number of esters is 1. The fourth-order valence-electron chi connectivity index (χ4n) is 5.24. The Hall–Kier alpha value is -3.36. The van der Waals surface area contributed by atoms with Gasteiger partial charge in [-0.2, -0.15) is 4.98 Å². The minimum atomic E-state index is -0.729. The Labute approximate surface area is 219 Å². The van der Waals surface area contributed by atoms with Gasteiger partial charge in [0.15, 0.2) is 0 Å². The second-order valence-electron chi connectivity index (χ2n) is 10.2. The van der Waals surface area contributed by atoms with Gasteiger partial charge in [-0.05, 0) is 63.9 Å². The van der Waals surface area contributed by atoms with Crippen molar-refractivity contribution in [2.45, 2.75) is 82.8 Å². The quantitative estimate of drug-likeness (QED) is 0.444. The standard InChI is InChI=1S/C28H40N6O3/c1-4-37-26(35)24(18-19-10-6-5-7-11-19)32-28(36)30-21-16-14-20(15-17-21)29-27-31-23-13-9-8-12-22(23)25(33-27)34(2)3/h5-7,10-11,20-21,24H,4,8-9,12-18H2,1-3H3,(H,29,31,33)(H2,30,32,36)/t20-,21+,24-/m0/s1. The van der Waals surface area contributed by atoms with Crippen molar-refractivity contribution in [1.82, 2.24) is 20.6 Å². The lowest BCUT2D eigenvalue weighted by Gasteiger charge is -2.31. The summed E-state index contributed by atoms with van der Waals surface area (Å²) in [5.41, 5.74) is 3.43. The molecule has 4 rings (SSSR count). The van der Waals surface area contributed by atoms with E-state index in [9.17, 15) is 9.59 Å². The van der Waals surface area contributed by atoms with E-state index in [2.05, 4.69) is 20.9 Å². The third-order valence-corrected chi connectivity index (χ3v) is 7.14. The van der Waals surface area contributed by atoms with E-state index in [0.29, 0.717) is 12.4 Å². The number of hydrogen-bond acceptors (Lipinski definition) is 7. The van der Waals surface area contributed by atoms with E-state index in [0.717, 1.165) is 49.9 Å². The van der Waals surface area contributed by atoms with Crippen LogP contribution < -0.4 is 20.9 Å². The fourth-order valence-corrected chi connectivity index (χ4v) is 5.24. The molecule has 1 aromatic heterocycles. The van der Waals surface area contributed by atoms with Gasteiger partial charge in [0.1, 0.15) is 11.9 Å². The van der Waals surface area contributed by atoms with E-state index in [1.54, 1.807) is 6.92 Å². The predicted molar refractivity (Wildman–Crippen MR) is 145 cm³/mol. The molecule has 2 amide bonds. The van der Waals surface area contributed by atoms with Crippen molar-refractivity contribution in [2.75, 3.05) is 30.9 Å².